The van der Waals surface area contributed by atoms with Crippen LogP contribution in [-0.2, 0) is 17.8 Å². The Morgan fingerprint density at radius 3 is 2.47 bits per heavy atom. The number of benzene rings is 2. The van der Waals surface area contributed by atoms with Crippen LogP contribution in [0.2, 0.25) is 5.02 Å². The van der Waals surface area contributed by atoms with Gasteiger partial charge in [-0.25, -0.2) is 4.98 Å². The van der Waals surface area contributed by atoms with Gasteiger partial charge in [0.05, 0.1) is 40.3 Å². The lowest BCUT2D eigenvalue weighted by atomic mass is 10.0. The maximum Gasteiger partial charge on any atom is 0.261 e. The lowest BCUT2D eigenvalue weighted by Crippen LogP contribution is -2.31. The summed E-state index contributed by atoms with van der Waals surface area (Å²) in [6.45, 7) is 2.71. The van der Waals surface area contributed by atoms with Crippen molar-refractivity contribution in [3.63, 3.8) is 0 Å². The van der Waals surface area contributed by atoms with E-state index in [1.54, 1.807) is 30.3 Å². The van der Waals surface area contributed by atoms with Gasteiger partial charge in [0, 0.05) is 31.7 Å². The molecule has 3 heterocycles. The van der Waals surface area contributed by atoms with Gasteiger partial charge in [0.15, 0.2) is 0 Å². The van der Waals surface area contributed by atoms with Gasteiger partial charge in [-0.3, -0.25) is 14.5 Å². The monoisotopic (exact) mass is 501 g/mol. The molecule has 0 saturated carbocycles. The topological polar surface area (TPSA) is 73.7 Å². The van der Waals surface area contributed by atoms with Crippen molar-refractivity contribution in [1.82, 2.24) is 14.5 Å². The second-order valence-corrected chi connectivity index (χ2v) is 9.38. The number of fused-ring (bicyclic) bond motifs is 2. The van der Waals surface area contributed by atoms with Crippen molar-refractivity contribution in [3.8, 4) is 5.75 Å². The Balaban J connectivity index is 1.51. The molecule has 0 bridgehead atoms. The molecular weight excluding hydrogens is 477 g/mol. The van der Waals surface area contributed by atoms with Crippen LogP contribution in [0.1, 0.15) is 45.8 Å². The van der Waals surface area contributed by atoms with Crippen molar-refractivity contribution in [2.75, 3.05) is 25.7 Å². The van der Waals surface area contributed by atoms with Crippen LogP contribution < -0.4 is 4.74 Å². The van der Waals surface area contributed by atoms with Gasteiger partial charge in [0.1, 0.15) is 11.6 Å². The van der Waals surface area contributed by atoms with Gasteiger partial charge in [-0.15, -0.1) is 11.6 Å². The number of ether oxygens (including phenoxy) is 2. The third-order valence-electron chi connectivity index (χ3n) is 6.38. The minimum absolute atomic E-state index is 0.0876. The van der Waals surface area contributed by atoms with E-state index in [4.69, 9.17) is 37.7 Å². The molecule has 2 aromatic carbocycles. The fourth-order valence-corrected chi connectivity index (χ4v) is 4.88. The van der Waals surface area contributed by atoms with E-state index in [0.29, 0.717) is 64.6 Å². The predicted molar refractivity (Wildman–Crippen MR) is 130 cm³/mol. The van der Waals surface area contributed by atoms with Crippen LogP contribution >= 0.6 is 23.2 Å². The van der Waals surface area contributed by atoms with E-state index in [0.717, 1.165) is 31.6 Å². The second kappa shape index (κ2) is 9.94. The minimum atomic E-state index is -0.298. The average Bonchev–Trinajstić information content (AvgIpc) is 3.29. The third-order valence-corrected chi connectivity index (χ3v) is 6.94. The molecule has 0 radical (unpaired) electrons. The minimum Gasteiger partial charge on any atom is -0.492 e. The molecule has 0 aliphatic carbocycles. The maximum absolute atomic E-state index is 13.0. The first kappa shape index (κ1) is 23.1. The van der Waals surface area contributed by atoms with E-state index >= 15 is 0 Å². The highest BCUT2D eigenvalue weighted by atomic mass is 35.5. The van der Waals surface area contributed by atoms with Crippen molar-refractivity contribution < 1.29 is 19.1 Å². The summed E-state index contributed by atoms with van der Waals surface area (Å²) in [6.07, 6.45) is 2.60. The third kappa shape index (κ3) is 4.40. The van der Waals surface area contributed by atoms with Gasteiger partial charge >= 0.3 is 0 Å². The number of nitrogens with zero attached hydrogens (tertiary/aromatic N) is 3. The van der Waals surface area contributed by atoms with Crippen LogP contribution in [0.15, 0.2) is 36.4 Å². The van der Waals surface area contributed by atoms with E-state index < -0.39 is 0 Å². The van der Waals surface area contributed by atoms with E-state index in [1.165, 1.54) is 4.90 Å². The number of rotatable bonds is 8. The molecule has 0 spiro atoms. The van der Waals surface area contributed by atoms with Crippen LogP contribution in [0, 0.1) is 5.92 Å². The van der Waals surface area contributed by atoms with Gasteiger partial charge in [0.2, 0.25) is 0 Å². The fourth-order valence-electron chi connectivity index (χ4n) is 4.56. The molecule has 7 nitrogen and oxygen atoms in total. The molecule has 2 aliphatic heterocycles. The number of imide groups is 1. The highest BCUT2D eigenvalue weighted by molar-refractivity contribution is 6.32. The first-order valence-corrected chi connectivity index (χ1v) is 12.4. The zero-order valence-corrected chi connectivity index (χ0v) is 20.1. The van der Waals surface area contributed by atoms with Crippen molar-refractivity contribution in [1.29, 1.82) is 0 Å². The Hall–Kier alpha value is -2.61. The Bertz CT molecular complexity index is 1200. The number of alkyl halides is 1. The summed E-state index contributed by atoms with van der Waals surface area (Å²) in [7, 11) is 0. The number of imidazole rings is 1. The van der Waals surface area contributed by atoms with Crippen LogP contribution in [0.5, 0.6) is 5.75 Å². The zero-order valence-electron chi connectivity index (χ0n) is 18.6. The molecular formula is C25H25Cl2N3O4. The van der Waals surface area contributed by atoms with Gasteiger partial charge in [-0.1, -0.05) is 23.7 Å². The number of halogens is 2. The summed E-state index contributed by atoms with van der Waals surface area (Å²) in [6, 6.07) is 10.6. The van der Waals surface area contributed by atoms with Crippen LogP contribution in [0.3, 0.4) is 0 Å². The highest BCUT2D eigenvalue weighted by Gasteiger charge is 2.36. The number of amides is 2. The largest absolute Gasteiger partial charge is 0.492 e. The highest BCUT2D eigenvalue weighted by Crippen LogP contribution is 2.33. The normalized spacial score (nSPS) is 16.5. The molecule has 5 rings (SSSR count). The summed E-state index contributed by atoms with van der Waals surface area (Å²) < 4.78 is 13.5. The number of hydrogen-bond acceptors (Lipinski definition) is 5. The number of hydrogen-bond donors (Lipinski definition) is 0. The molecule has 9 heteroatoms. The van der Waals surface area contributed by atoms with Crippen molar-refractivity contribution in [3.05, 3.63) is 58.4 Å². The molecule has 178 valence electrons. The zero-order chi connectivity index (χ0) is 23.7. The first-order chi connectivity index (χ1) is 16.6. The van der Waals surface area contributed by atoms with Gasteiger partial charge in [0.25, 0.3) is 11.8 Å². The first-order valence-electron chi connectivity index (χ1n) is 11.5. The molecule has 0 atom stereocenters. The molecule has 2 amide bonds. The van der Waals surface area contributed by atoms with E-state index in [-0.39, 0.29) is 18.4 Å². The maximum atomic E-state index is 13.0. The van der Waals surface area contributed by atoms with Gasteiger partial charge < -0.3 is 14.0 Å². The lowest BCUT2D eigenvalue weighted by Gasteiger charge is -2.24. The van der Waals surface area contributed by atoms with E-state index in [1.807, 2.05) is 6.07 Å². The molecule has 3 aromatic rings. The summed E-state index contributed by atoms with van der Waals surface area (Å²) in [5.41, 5.74) is 2.42. The fraction of sp³-hybridized carbons (Fsp3) is 0.400. The summed E-state index contributed by atoms with van der Waals surface area (Å²) in [4.78, 5) is 32.0. The summed E-state index contributed by atoms with van der Waals surface area (Å²) in [5, 5.41) is 0.463. The molecule has 0 unspecified atom stereocenters. The van der Waals surface area contributed by atoms with Gasteiger partial charge in [-0.2, -0.15) is 0 Å². The van der Waals surface area contributed by atoms with E-state index in [9.17, 15) is 9.59 Å². The number of carbonyl (C=O) groups excluding carboxylic acids is 2. The molecule has 1 saturated heterocycles. The Morgan fingerprint density at radius 2 is 1.79 bits per heavy atom. The SMILES string of the molecule is O=C1c2ccccc2C(=O)N1Cc1nc2cc(Cl)c(OCCCCl)cc2n1CC1CCOCC1. The Labute approximate surface area is 207 Å². The lowest BCUT2D eigenvalue weighted by molar-refractivity contribution is 0.0600. The van der Waals surface area contributed by atoms with Crippen LogP contribution in [0.25, 0.3) is 11.0 Å². The van der Waals surface area contributed by atoms with Crippen molar-refractivity contribution in [2.24, 2.45) is 5.92 Å². The molecule has 0 N–H and O–H groups in total. The molecule has 2 aliphatic rings. The van der Waals surface area contributed by atoms with Crippen molar-refractivity contribution >= 4 is 46.0 Å². The van der Waals surface area contributed by atoms with Crippen LogP contribution in [-0.4, -0.2) is 52.0 Å². The summed E-state index contributed by atoms with van der Waals surface area (Å²) in [5.74, 6) is 1.53. The Morgan fingerprint density at radius 1 is 1.09 bits per heavy atom. The number of aromatic nitrogens is 2. The van der Waals surface area contributed by atoms with E-state index in [2.05, 4.69) is 4.57 Å². The summed E-state index contributed by atoms with van der Waals surface area (Å²) >= 11 is 12.3. The number of carbonyl (C=O) groups is 2. The standard InChI is InChI=1S/C25H25Cl2N3O4/c26-8-3-9-34-22-13-21-20(12-19(22)27)28-23(29(21)14-16-6-10-33-11-7-16)15-30-24(31)17-4-1-2-5-18(17)25(30)32/h1-2,4-5,12-13,16H,3,6-11,14-15H2. The predicted octanol–water partition coefficient (Wildman–Crippen LogP) is 4.92. The molecule has 34 heavy (non-hydrogen) atoms. The molecule has 1 aromatic heterocycles. The van der Waals surface area contributed by atoms with Gasteiger partial charge in [-0.05, 0) is 43.4 Å². The molecule has 1 fully saturated rings. The Kier molecular flexibility index (Phi) is 6.77. The second-order valence-electron chi connectivity index (χ2n) is 8.60. The average molecular weight is 502 g/mol. The smallest absolute Gasteiger partial charge is 0.261 e. The van der Waals surface area contributed by atoms with Crippen molar-refractivity contribution in [2.45, 2.75) is 32.4 Å². The van der Waals surface area contributed by atoms with Crippen LogP contribution in [0.4, 0.5) is 0 Å². The quantitative estimate of drug-likeness (QED) is 0.248.